The van der Waals surface area contributed by atoms with Gasteiger partial charge in [-0.15, -0.1) is 0 Å². The first kappa shape index (κ1) is 15.4. The minimum atomic E-state index is -0.169. The molecule has 0 spiro atoms. The Kier molecular flexibility index (Phi) is 4.78. The summed E-state index contributed by atoms with van der Waals surface area (Å²) in [6.45, 7) is 8.31. The molecule has 0 saturated carbocycles. The Hall–Kier alpha value is -0.970. The lowest BCUT2D eigenvalue weighted by Crippen LogP contribution is -2.55. The summed E-state index contributed by atoms with van der Waals surface area (Å²) >= 11 is 0. The van der Waals surface area contributed by atoms with Crippen LogP contribution in [0.25, 0.3) is 0 Å². The molecule has 3 N–H and O–H groups in total. The van der Waals surface area contributed by atoms with Crippen LogP contribution < -0.4 is 11.3 Å². The number of benzene rings is 1. The number of nitrogens with two attached hydrogens (primary N) is 1. The maximum Gasteiger partial charge on any atom is 0.126 e. The summed E-state index contributed by atoms with van der Waals surface area (Å²) in [5, 5.41) is 0. The van der Waals surface area contributed by atoms with Gasteiger partial charge in [-0.05, 0) is 63.9 Å². The second-order valence-corrected chi connectivity index (χ2v) is 6.31. The third kappa shape index (κ3) is 3.03. The van der Waals surface area contributed by atoms with E-state index in [1.54, 1.807) is 13.0 Å². The van der Waals surface area contributed by atoms with Gasteiger partial charge in [-0.1, -0.05) is 18.6 Å². The first-order valence-electron chi connectivity index (χ1n) is 7.44. The maximum absolute atomic E-state index is 13.8. The van der Waals surface area contributed by atoms with E-state index >= 15 is 0 Å². The fourth-order valence-corrected chi connectivity index (χ4v) is 3.15. The second-order valence-electron chi connectivity index (χ2n) is 6.31. The molecule has 0 amide bonds. The van der Waals surface area contributed by atoms with Crippen molar-refractivity contribution < 1.29 is 4.39 Å². The Morgan fingerprint density at radius 3 is 2.45 bits per heavy atom. The molecule has 3 nitrogen and oxygen atoms in total. The fraction of sp³-hybridized carbons (Fsp3) is 0.625. The van der Waals surface area contributed by atoms with Crippen LogP contribution in [0.1, 0.15) is 50.3 Å². The zero-order valence-corrected chi connectivity index (χ0v) is 12.7. The molecule has 0 aromatic heterocycles. The number of hydrogen-bond donors (Lipinski definition) is 2. The smallest absolute Gasteiger partial charge is 0.126 e. The van der Waals surface area contributed by atoms with E-state index in [0.29, 0.717) is 5.56 Å². The highest BCUT2D eigenvalue weighted by molar-refractivity contribution is 5.28. The summed E-state index contributed by atoms with van der Waals surface area (Å²) in [5.41, 5.74) is 4.33. The van der Waals surface area contributed by atoms with Gasteiger partial charge in [0.05, 0.1) is 6.04 Å². The van der Waals surface area contributed by atoms with Gasteiger partial charge >= 0.3 is 0 Å². The van der Waals surface area contributed by atoms with Crippen molar-refractivity contribution in [3.8, 4) is 0 Å². The standard InChI is InChI=1S/C16H26FN3/c1-12-7-8-13(11-14(12)17)15(19-18)16(2,3)20-9-5-4-6-10-20/h7-8,11,15,19H,4-6,9-10,18H2,1-3H3. The first-order chi connectivity index (χ1) is 9.46. The van der Waals surface area contributed by atoms with E-state index in [1.165, 1.54) is 19.3 Å². The fourth-order valence-electron chi connectivity index (χ4n) is 3.15. The van der Waals surface area contributed by atoms with Gasteiger partial charge in [0, 0.05) is 5.54 Å². The Balaban J connectivity index is 2.27. The van der Waals surface area contributed by atoms with E-state index in [9.17, 15) is 4.39 Å². The number of aryl methyl sites for hydroxylation is 1. The first-order valence-corrected chi connectivity index (χ1v) is 7.44. The summed E-state index contributed by atoms with van der Waals surface area (Å²) in [4.78, 5) is 2.46. The molecule has 20 heavy (non-hydrogen) atoms. The van der Waals surface area contributed by atoms with Crippen molar-refractivity contribution in [2.24, 2.45) is 5.84 Å². The van der Waals surface area contributed by atoms with Crippen LogP contribution in [0, 0.1) is 12.7 Å². The van der Waals surface area contributed by atoms with Crippen LogP contribution in [0.3, 0.4) is 0 Å². The van der Waals surface area contributed by atoms with Gasteiger partial charge in [0.1, 0.15) is 5.82 Å². The Labute approximate surface area is 121 Å². The number of halogens is 1. The quantitative estimate of drug-likeness (QED) is 0.658. The van der Waals surface area contributed by atoms with Crippen LogP contribution in [0.2, 0.25) is 0 Å². The number of nitrogens with zero attached hydrogens (tertiary/aromatic N) is 1. The number of hydrogen-bond acceptors (Lipinski definition) is 3. The Morgan fingerprint density at radius 2 is 1.90 bits per heavy atom. The van der Waals surface area contributed by atoms with Crippen molar-refractivity contribution >= 4 is 0 Å². The molecule has 0 aliphatic carbocycles. The van der Waals surface area contributed by atoms with Gasteiger partial charge in [0.2, 0.25) is 0 Å². The molecule has 1 heterocycles. The maximum atomic E-state index is 13.8. The predicted octanol–water partition coefficient (Wildman–Crippen LogP) is 2.90. The summed E-state index contributed by atoms with van der Waals surface area (Å²) in [6, 6.07) is 5.30. The molecule has 112 valence electrons. The van der Waals surface area contributed by atoms with Crippen molar-refractivity contribution in [2.75, 3.05) is 13.1 Å². The van der Waals surface area contributed by atoms with Crippen molar-refractivity contribution in [1.82, 2.24) is 10.3 Å². The molecule has 1 saturated heterocycles. The minimum absolute atomic E-state index is 0.0873. The molecule has 1 aromatic rings. The predicted molar refractivity (Wildman–Crippen MR) is 80.7 cm³/mol. The van der Waals surface area contributed by atoms with Crippen molar-refractivity contribution in [1.29, 1.82) is 0 Å². The van der Waals surface area contributed by atoms with Gasteiger partial charge in [0.15, 0.2) is 0 Å². The molecule has 1 atom stereocenters. The lowest BCUT2D eigenvalue weighted by molar-refractivity contribution is 0.0607. The van der Waals surface area contributed by atoms with E-state index in [-0.39, 0.29) is 17.4 Å². The van der Waals surface area contributed by atoms with Crippen LogP contribution >= 0.6 is 0 Å². The van der Waals surface area contributed by atoms with Crippen LogP contribution in [0.4, 0.5) is 4.39 Å². The topological polar surface area (TPSA) is 41.3 Å². The van der Waals surface area contributed by atoms with Gasteiger partial charge < -0.3 is 0 Å². The SMILES string of the molecule is Cc1ccc(C(NN)C(C)(C)N2CCCCC2)cc1F. The average Bonchev–Trinajstić information content (AvgIpc) is 2.44. The lowest BCUT2D eigenvalue weighted by Gasteiger charge is -2.46. The molecule has 1 aromatic carbocycles. The van der Waals surface area contributed by atoms with E-state index in [4.69, 9.17) is 5.84 Å². The molecule has 1 aliphatic heterocycles. The summed E-state index contributed by atoms with van der Waals surface area (Å²) in [7, 11) is 0. The normalized spacial score (nSPS) is 19.1. The van der Waals surface area contributed by atoms with Crippen molar-refractivity contribution in [2.45, 2.75) is 51.6 Å². The van der Waals surface area contributed by atoms with Crippen molar-refractivity contribution in [3.63, 3.8) is 0 Å². The molecule has 1 unspecified atom stereocenters. The van der Waals surface area contributed by atoms with Gasteiger partial charge in [-0.2, -0.15) is 0 Å². The molecule has 0 bridgehead atoms. The van der Waals surface area contributed by atoms with E-state index in [0.717, 1.165) is 18.7 Å². The van der Waals surface area contributed by atoms with Crippen LogP contribution in [-0.4, -0.2) is 23.5 Å². The Bertz CT molecular complexity index is 453. The van der Waals surface area contributed by atoms with Gasteiger partial charge in [0.25, 0.3) is 0 Å². The van der Waals surface area contributed by atoms with E-state index in [1.807, 2.05) is 12.1 Å². The molecular weight excluding hydrogens is 253 g/mol. The molecule has 1 fully saturated rings. The van der Waals surface area contributed by atoms with E-state index in [2.05, 4.69) is 24.2 Å². The lowest BCUT2D eigenvalue weighted by atomic mass is 9.85. The number of rotatable bonds is 4. The highest BCUT2D eigenvalue weighted by Gasteiger charge is 2.36. The van der Waals surface area contributed by atoms with Gasteiger partial charge in [-0.3, -0.25) is 16.2 Å². The summed E-state index contributed by atoms with van der Waals surface area (Å²) in [5.74, 6) is 5.62. The molecule has 0 radical (unpaired) electrons. The zero-order valence-electron chi connectivity index (χ0n) is 12.7. The minimum Gasteiger partial charge on any atom is -0.296 e. The highest BCUT2D eigenvalue weighted by atomic mass is 19.1. The number of nitrogens with one attached hydrogen (secondary N) is 1. The second kappa shape index (κ2) is 6.20. The highest BCUT2D eigenvalue weighted by Crippen LogP contribution is 2.33. The number of piperidine rings is 1. The molecular formula is C16H26FN3. The van der Waals surface area contributed by atoms with Crippen LogP contribution in [0.15, 0.2) is 18.2 Å². The van der Waals surface area contributed by atoms with E-state index < -0.39 is 0 Å². The van der Waals surface area contributed by atoms with Gasteiger partial charge in [-0.25, -0.2) is 4.39 Å². The largest absolute Gasteiger partial charge is 0.296 e. The Morgan fingerprint density at radius 1 is 1.25 bits per heavy atom. The number of hydrazine groups is 1. The number of likely N-dealkylation sites (tertiary alicyclic amines) is 1. The third-order valence-electron chi connectivity index (χ3n) is 4.57. The van der Waals surface area contributed by atoms with Crippen LogP contribution in [0.5, 0.6) is 0 Å². The third-order valence-corrected chi connectivity index (χ3v) is 4.57. The average molecular weight is 279 g/mol. The van der Waals surface area contributed by atoms with Crippen LogP contribution in [-0.2, 0) is 0 Å². The molecule has 2 rings (SSSR count). The monoisotopic (exact) mass is 279 g/mol. The zero-order chi connectivity index (χ0) is 14.8. The van der Waals surface area contributed by atoms with Crippen molar-refractivity contribution in [3.05, 3.63) is 35.1 Å². The molecule has 1 aliphatic rings. The summed E-state index contributed by atoms with van der Waals surface area (Å²) in [6.07, 6.45) is 3.75. The molecule has 4 heteroatoms. The summed E-state index contributed by atoms with van der Waals surface area (Å²) < 4.78 is 13.8.